The van der Waals surface area contributed by atoms with E-state index >= 15 is 0 Å². The van der Waals surface area contributed by atoms with Gasteiger partial charge in [0.1, 0.15) is 6.04 Å². The summed E-state index contributed by atoms with van der Waals surface area (Å²) >= 11 is 0. The van der Waals surface area contributed by atoms with Crippen LogP contribution >= 0.6 is 12.4 Å². The molecule has 2 aliphatic heterocycles. The van der Waals surface area contributed by atoms with E-state index in [1.165, 1.54) is 4.31 Å². The Morgan fingerprint density at radius 3 is 2.68 bits per heavy atom. The van der Waals surface area contributed by atoms with Crippen molar-refractivity contribution in [3.8, 4) is 0 Å². The number of halogens is 1. The van der Waals surface area contributed by atoms with Gasteiger partial charge in [0.05, 0.1) is 5.75 Å². The maximum atomic E-state index is 12.7. The molecule has 0 spiro atoms. The van der Waals surface area contributed by atoms with Gasteiger partial charge in [0, 0.05) is 26.2 Å². The molecule has 0 aromatic heterocycles. The van der Waals surface area contributed by atoms with Crippen molar-refractivity contribution in [2.45, 2.75) is 51.1 Å². The summed E-state index contributed by atoms with van der Waals surface area (Å²) in [4.78, 5) is 14.4. The van der Waals surface area contributed by atoms with Crippen LogP contribution in [0.15, 0.2) is 0 Å². The SMILES string of the molecule is CCCCS(=O)(=O)N1CCCC1C(=O)N(C)C1CCNC1.Cl. The van der Waals surface area contributed by atoms with Crippen molar-refractivity contribution in [3.05, 3.63) is 0 Å². The summed E-state index contributed by atoms with van der Waals surface area (Å²) in [6, 6.07) is -0.296. The molecule has 22 heavy (non-hydrogen) atoms. The third-order valence-electron chi connectivity index (χ3n) is 4.53. The minimum atomic E-state index is -3.30. The number of sulfonamides is 1. The van der Waals surface area contributed by atoms with Crippen LogP contribution in [0.4, 0.5) is 0 Å². The van der Waals surface area contributed by atoms with Crippen molar-refractivity contribution < 1.29 is 13.2 Å². The number of nitrogens with zero attached hydrogens (tertiary/aromatic N) is 2. The summed E-state index contributed by atoms with van der Waals surface area (Å²) in [6.45, 7) is 4.19. The van der Waals surface area contributed by atoms with E-state index in [2.05, 4.69) is 5.32 Å². The van der Waals surface area contributed by atoms with Gasteiger partial charge < -0.3 is 10.2 Å². The highest BCUT2D eigenvalue weighted by Crippen LogP contribution is 2.24. The standard InChI is InChI=1S/C14H27N3O3S.ClH/c1-3-4-10-21(19,20)17-9-5-6-13(17)14(18)16(2)12-7-8-15-11-12;/h12-13,15H,3-11H2,1-2H3;1H. The van der Waals surface area contributed by atoms with Gasteiger partial charge >= 0.3 is 0 Å². The predicted molar refractivity (Wildman–Crippen MR) is 89.7 cm³/mol. The van der Waals surface area contributed by atoms with E-state index < -0.39 is 16.1 Å². The van der Waals surface area contributed by atoms with Crippen molar-refractivity contribution in [2.24, 2.45) is 0 Å². The van der Waals surface area contributed by atoms with E-state index in [4.69, 9.17) is 0 Å². The van der Waals surface area contributed by atoms with Crippen molar-refractivity contribution in [1.29, 1.82) is 0 Å². The van der Waals surface area contributed by atoms with Gasteiger partial charge in [-0.2, -0.15) is 4.31 Å². The topological polar surface area (TPSA) is 69.7 Å². The van der Waals surface area contributed by atoms with Gasteiger partial charge in [-0.05, 0) is 32.2 Å². The second kappa shape index (κ2) is 8.47. The molecule has 8 heteroatoms. The Labute approximate surface area is 140 Å². The van der Waals surface area contributed by atoms with Gasteiger partial charge in [0.2, 0.25) is 15.9 Å². The van der Waals surface area contributed by atoms with Crippen molar-refractivity contribution in [2.75, 3.05) is 32.4 Å². The minimum absolute atomic E-state index is 0. The first-order valence-corrected chi connectivity index (χ1v) is 9.55. The van der Waals surface area contributed by atoms with Crippen LogP contribution in [0, 0.1) is 0 Å². The number of hydrogen-bond acceptors (Lipinski definition) is 4. The summed E-state index contributed by atoms with van der Waals surface area (Å²) < 4.78 is 26.2. The molecule has 1 amide bonds. The van der Waals surface area contributed by atoms with Crippen LogP contribution in [-0.2, 0) is 14.8 Å². The second-order valence-electron chi connectivity index (χ2n) is 6.03. The van der Waals surface area contributed by atoms with E-state index in [0.717, 1.165) is 32.4 Å². The van der Waals surface area contributed by atoms with Crippen LogP contribution < -0.4 is 5.32 Å². The number of rotatable bonds is 6. The van der Waals surface area contributed by atoms with Crippen molar-refractivity contribution in [3.63, 3.8) is 0 Å². The molecule has 6 nitrogen and oxygen atoms in total. The van der Waals surface area contributed by atoms with Gasteiger partial charge in [-0.1, -0.05) is 13.3 Å². The Morgan fingerprint density at radius 1 is 1.36 bits per heavy atom. The van der Waals surface area contributed by atoms with Gasteiger partial charge in [-0.3, -0.25) is 4.79 Å². The van der Waals surface area contributed by atoms with Gasteiger partial charge in [-0.25, -0.2) is 8.42 Å². The summed E-state index contributed by atoms with van der Waals surface area (Å²) in [5, 5.41) is 3.24. The zero-order valence-electron chi connectivity index (χ0n) is 13.5. The number of carbonyl (C=O) groups excluding carboxylic acids is 1. The molecule has 0 aromatic rings. The molecule has 2 saturated heterocycles. The lowest BCUT2D eigenvalue weighted by atomic mass is 10.1. The lowest BCUT2D eigenvalue weighted by Crippen LogP contribution is -2.50. The number of nitrogens with one attached hydrogen (secondary N) is 1. The Morgan fingerprint density at radius 2 is 2.09 bits per heavy atom. The quantitative estimate of drug-likeness (QED) is 0.767. The fourth-order valence-corrected chi connectivity index (χ4v) is 5.03. The zero-order chi connectivity index (χ0) is 15.5. The van der Waals surface area contributed by atoms with Gasteiger partial charge in [-0.15, -0.1) is 12.4 Å². The maximum absolute atomic E-state index is 12.7. The van der Waals surface area contributed by atoms with Gasteiger partial charge in [0.25, 0.3) is 0 Å². The number of likely N-dealkylation sites (N-methyl/N-ethyl adjacent to an activating group) is 1. The van der Waals surface area contributed by atoms with E-state index in [1.807, 2.05) is 6.92 Å². The van der Waals surface area contributed by atoms with Crippen LogP contribution in [0.1, 0.15) is 39.0 Å². The largest absolute Gasteiger partial charge is 0.340 e. The molecule has 1 N–H and O–H groups in total. The summed E-state index contributed by atoms with van der Waals surface area (Å²) in [5.41, 5.74) is 0. The van der Waals surface area contributed by atoms with E-state index in [0.29, 0.717) is 19.4 Å². The summed E-state index contributed by atoms with van der Waals surface area (Å²) in [6.07, 6.45) is 3.87. The molecule has 2 fully saturated rings. The minimum Gasteiger partial charge on any atom is -0.340 e. The molecule has 2 heterocycles. The van der Waals surface area contributed by atoms with Crippen LogP contribution in [0.5, 0.6) is 0 Å². The molecule has 0 aromatic carbocycles. The highest BCUT2D eigenvalue weighted by atomic mass is 35.5. The highest BCUT2D eigenvalue weighted by molar-refractivity contribution is 7.89. The second-order valence-corrected chi connectivity index (χ2v) is 8.08. The predicted octanol–water partition coefficient (Wildman–Crippen LogP) is 0.823. The van der Waals surface area contributed by atoms with Crippen LogP contribution in [0.2, 0.25) is 0 Å². The van der Waals surface area contributed by atoms with Crippen LogP contribution in [0.25, 0.3) is 0 Å². The summed E-state index contributed by atoms with van der Waals surface area (Å²) in [5.74, 6) is 0.114. The Balaban J connectivity index is 0.00000242. The molecule has 0 bridgehead atoms. The molecule has 2 rings (SSSR count). The van der Waals surface area contributed by atoms with E-state index in [9.17, 15) is 13.2 Å². The first-order valence-electron chi connectivity index (χ1n) is 7.94. The highest BCUT2D eigenvalue weighted by Gasteiger charge is 2.40. The molecule has 2 unspecified atom stereocenters. The smallest absolute Gasteiger partial charge is 0.241 e. The average Bonchev–Trinajstić information content (AvgIpc) is 3.13. The molecular formula is C14H28ClN3O3S. The summed E-state index contributed by atoms with van der Waals surface area (Å²) in [7, 11) is -1.50. The van der Waals surface area contributed by atoms with E-state index in [-0.39, 0.29) is 30.1 Å². The number of amides is 1. The lowest BCUT2D eigenvalue weighted by Gasteiger charge is -2.30. The maximum Gasteiger partial charge on any atom is 0.241 e. The molecule has 2 atom stereocenters. The zero-order valence-corrected chi connectivity index (χ0v) is 15.1. The lowest BCUT2D eigenvalue weighted by molar-refractivity contribution is -0.135. The van der Waals surface area contributed by atoms with Crippen molar-refractivity contribution in [1.82, 2.24) is 14.5 Å². The van der Waals surface area contributed by atoms with Crippen LogP contribution in [0.3, 0.4) is 0 Å². The Hall–Kier alpha value is -0.370. The molecule has 0 radical (unpaired) electrons. The molecule has 2 aliphatic rings. The normalized spacial score (nSPS) is 25.9. The molecular weight excluding hydrogens is 326 g/mol. The molecule has 0 aliphatic carbocycles. The first kappa shape index (κ1) is 19.7. The fraction of sp³-hybridized carbons (Fsp3) is 0.929. The third kappa shape index (κ3) is 4.34. The van der Waals surface area contributed by atoms with Crippen LogP contribution in [-0.4, -0.2) is 68.0 Å². The van der Waals surface area contributed by atoms with Crippen molar-refractivity contribution >= 4 is 28.3 Å². The number of carbonyl (C=O) groups is 1. The molecule has 130 valence electrons. The number of unbranched alkanes of at least 4 members (excludes halogenated alkanes) is 1. The first-order chi connectivity index (χ1) is 9.97. The molecule has 0 saturated carbocycles. The van der Waals surface area contributed by atoms with E-state index in [1.54, 1.807) is 11.9 Å². The monoisotopic (exact) mass is 353 g/mol. The Bertz CT molecular complexity index is 466. The average molecular weight is 354 g/mol. The Kier molecular flexibility index (Phi) is 7.58. The third-order valence-corrected chi connectivity index (χ3v) is 6.49. The number of hydrogen-bond donors (Lipinski definition) is 1. The fourth-order valence-electron chi connectivity index (χ4n) is 3.15. The van der Waals surface area contributed by atoms with Gasteiger partial charge in [0.15, 0.2) is 0 Å².